The Hall–Kier alpha value is -1.47. The summed E-state index contributed by atoms with van der Waals surface area (Å²) in [6, 6.07) is -0.625. The van der Waals surface area contributed by atoms with E-state index in [1.165, 1.54) is 0 Å². The molecule has 6 nitrogen and oxygen atoms in total. The minimum Gasteiger partial charge on any atom is -0.459 e. The average molecular weight is 271 g/mol. The number of esters is 1. The van der Waals surface area contributed by atoms with E-state index in [1.807, 2.05) is 0 Å². The minimum atomic E-state index is -0.625. The highest BCUT2D eigenvalue weighted by Gasteiger charge is 2.19. The zero-order chi connectivity index (χ0) is 13.9. The molecular weight excluding hydrogens is 254 g/mol. The first-order valence-electron chi connectivity index (χ1n) is 5.56. The van der Waals surface area contributed by atoms with Crippen molar-refractivity contribution in [2.24, 2.45) is 5.73 Å². The molecule has 100 valence electrons. The van der Waals surface area contributed by atoms with Crippen molar-refractivity contribution in [1.82, 2.24) is 4.98 Å². The van der Waals surface area contributed by atoms with Gasteiger partial charge in [0.15, 0.2) is 5.13 Å². The summed E-state index contributed by atoms with van der Waals surface area (Å²) in [7, 11) is 0. The summed E-state index contributed by atoms with van der Waals surface area (Å²) in [6.45, 7) is 6.80. The van der Waals surface area contributed by atoms with Gasteiger partial charge < -0.3 is 15.8 Å². The van der Waals surface area contributed by atoms with Crippen molar-refractivity contribution in [3.63, 3.8) is 0 Å². The molecule has 1 rings (SSSR count). The van der Waals surface area contributed by atoms with Crippen LogP contribution in [0, 0.1) is 6.92 Å². The summed E-state index contributed by atoms with van der Waals surface area (Å²) in [5.74, 6) is -0.770. The van der Waals surface area contributed by atoms with E-state index in [4.69, 9.17) is 10.5 Å². The molecule has 0 aliphatic rings. The molecule has 0 aliphatic heterocycles. The predicted octanol–water partition coefficient (Wildman–Crippen LogP) is 1.30. The Balaban J connectivity index is 2.82. The topological polar surface area (TPSA) is 94.3 Å². The number of nitrogens with zero attached hydrogens (tertiary/aromatic N) is 1. The molecule has 3 N–H and O–H groups in total. The van der Waals surface area contributed by atoms with E-state index in [9.17, 15) is 9.59 Å². The SMILES string of the molecule is Cc1nc(NC(=O)C(C)N)sc1C(=O)OC(C)C. The van der Waals surface area contributed by atoms with Crippen molar-refractivity contribution in [1.29, 1.82) is 0 Å². The van der Waals surface area contributed by atoms with Gasteiger partial charge in [-0.25, -0.2) is 9.78 Å². The summed E-state index contributed by atoms with van der Waals surface area (Å²) in [4.78, 5) is 27.6. The van der Waals surface area contributed by atoms with E-state index in [0.717, 1.165) is 11.3 Å². The number of carbonyl (C=O) groups excluding carboxylic acids is 2. The number of amides is 1. The van der Waals surface area contributed by atoms with Crippen LogP contribution in [0.15, 0.2) is 0 Å². The van der Waals surface area contributed by atoms with Gasteiger partial charge in [0.2, 0.25) is 5.91 Å². The highest BCUT2D eigenvalue weighted by atomic mass is 32.1. The molecule has 1 amide bonds. The molecule has 1 aromatic rings. The number of nitrogens with one attached hydrogen (secondary N) is 1. The summed E-state index contributed by atoms with van der Waals surface area (Å²) in [6.07, 6.45) is -0.193. The molecule has 0 aromatic carbocycles. The van der Waals surface area contributed by atoms with Crippen molar-refractivity contribution in [2.75, 3.05) is 5.32 Å². The first kappa shape index (κ1) is 14.6. The van der Waals surface area contributed by atoms with Crippen LogP contribution in [0.2, 0.25) is 0 Å². The highest BCUT2D eigenvalue weighted by Crippen LogP contribution is 2.23. The van der Waals surface area contributed by atoms with E-state index in [2.05, 4.69) is 10.3 Å². The van der Waals surface area contributed by atoms with Crippen molar-refractivity contribution in [2.45, 2.75) is 39.8 Å². The summed E-state index contributed by atoms with van der Waals surface area (Å²) in [5.41, 5.74) is 5.96. The van der Waals surface area contributed by atoms with Crippen LogP contribution in [0.4, 0.5) is 5.13 Å². The van der Waals surface area contributed by atoms with Gasteiger partial charge in [0.05, 0.1) is 17.8 Å². The summed E-state index contributed by atoms with van der Waals surface area (Å²) in [5, 5.41) is 2.90. The van der Waals surface area contributed by atoms with E-state index < -0.39 is 12.0 Å². The van der Waals surface area contributed by atoms with Crippen LogP contribution in [0.3, 0.4) is 0 Å². The largest absolute Gasteiger partial charge is 0.459 e. The smallest absolute Gasteiger partial charge is 0.350 e. The van der Waals surface area contributed by atoms with E-state index >= 15 is 0 Å². The molecule has 1 unspecified atom stereocenters. The van der Waals surface area contributed by atoms with Gasteiger partial charge in [0, 0.05) is 0 Å². The molecule has 0 aliphatic carbocycles. The van der Waals surface area contributed by atoms with Crippen LogP contribution >= 0.6 is 11.3 Å². The van der Waals surface area contributed by atoms with Gasteiger partial charge in [-0.2, -0.15) is 0 Å². The molecule has 0 bridgehead atoms. The molecule has 18 heavy (non-hydrogen) atoms. The van der Waals surface area contributed by atoms with Crippen molar-refractivity contribution in [3.8, 4) is 0 Å². The Morgan fingerprint density at radius 3 is 2.50 bits per heavy atom. The second-order valence-electron chi connectivity index (χ2n) is 4.17. The zero-order valence-corrected chi connectivity index (χ0v) is 11.6. The average Bonchev–Trinajstić information content (AvgIpc) is 2.58. The van der Waals surface area contributed by atoms with Crippen molar-refractivity contribution < 1.29 is 14.3 Å². The first-order valence-corrected chi connectivity index (χ1v) is 6.37. The van der Waals surface area contributed by atoms with Crippen LogP contribution in [0.1, 0.15) is 36.1 Å². The Morgan fingerprint density at radius 2 is 2.00 bits per heavy atom. The number of anilines is 1. The standard InChI is InChI=1S/C11H17N3O3S/c1-5(2)17-10(16)8-7(4)13-11(18-8)14-9(15)6(3)12/h5-6H,12H2,1-4H3,(H,13,14,15). The van der Waals surface area contributed by atoms with Crippen LogP contribution in [0.5, 0.6) is 0 Å². The lowest BCUT2D eigenvalue weighted by atomic mass is 10.3. The van der Waals surface area contributed by atoms with E-state index in [0.29, 0.717) is 15.7 Å². The third-order valence-corrected chi connectivity index (χ3v) is 3.02. The number of rotatable bonds is 4. The van der Waals surface area contributed by atoms with E-state index in [-0.39, 0.29) is 12.0 Å². The molecule has 1 heterocycles. The molecule has 0 spiro atoms. The van der Waals surface area contributed by atoms with Crippen molar-refractivity contribution in [3.05, 3.63) is 10.6 Å². The number of aromatic nitrogens is 1. The molecule has 0 saturated heterocycles. The van der Waals surface area contributed by atoms with Crippen LogP contribution in [-0.2, 0) is 9.53 Å². The zero-order valence-electron chi connectivity index (χ0n) is 10.8. The molecule has 0 saturated carbocycles. The fraction of sp³-hybridized carbons (Fsp3) is 0.545. The normalized spacial score (nSPS) is 12.3. The Labute approximate surface area is 110 Å². The second-order valence-corrected chi connectivity index (χ2v) is 5.16. The quantitative estimate of drug-likeness (QED) is 0.805. The van der Waals surface area contributed by atoms with Crippen molar-refractivity contribution >= 4 is 28.3 Å². The van der Waals surface area contributed by atoms with E-state index in [1.54, 1.807) is 27.7 Å². The molecule has 0 fully saturated rings. The molecule has 1 aromatic heterocycles. The minimum absolute atomic E-state index is 0.193. The monoisotopic (exact) mass is 271 g/mol. The number of hydrogen-bond acceptors (Lipinski definition) is 6. The van der Waals surface area contributed by atoms with Gasteiger partial charge in [0.25, 0.3) is 0 Å². The first-order chi connectivity index (χ1) is 8.31. The van der Waals surface area contributed by atoms with Gasteiger partial charge in [0.1, 0.15) is 4.88 Å². The van der Waals surface area contributed by atoms with Gasteiger partial charge in [-0.15, -0.1) is 0 Å². The maximum atomic E-state index is 11.7. The summed E-state index contributed by atoms with van der Waals surface area (Å²) >= 11 is 1.08. The van der Waals surface area contributed by atoms with Crippen LogP contribution < -0.4 is 11.1 Å². The number of aryl methyl sites for hydroxylation is 1. The maximum Gasteiger partial charge on any atom is 0.350 e. The maximum absolute atomic E-state index is 11.7. The fourth-order valence-electron chi connectivity index (χ4n) is 1.13. The summed E-state index contributed by atoms with van der Waals surface area (Å²) < 4.78 is 5.08. The lowest BCUT2D eigenvalue weighted by Gasteiger charge is -2.06. The predicted molar refractivity (Wildman–Crippen MR) is 69.7 cm³/mol. The number of thiazole rings is 1. The van der Waals surface area contributed by atoms with Crippen LogP contribution in [0.25, 0.3) is 0 Å². The van der Waals surface area contributed by atoms with Gasteiger partial charge in [-0.1, -0.05) is 11.3 Å². The Morgan fingerprint density at radius 1 is 1.39 bits per heavy atom. The molecular formula is C11H17N3O3S. The van der Waals surface area contributed by atoms with Gasteiger partial charge in [-0.05, 0) is 27.7 Å². The number of nitrogens with two attached hydrogens (primary N) is 1. The lowest BCUT2D eigenvalue weighted by molar-refractivity contribution is -0.117. The molecule has 0 radical (unpaired) electrons. The molecule has 7 heteroatoms. The Kier molecular flexibility index (Phi) is 4.80. The third kappa shape index (κ3) is 3.78. The number of hydrogen-bond donors (Lipinski definition) is 2. The number of carbonyl (C=O) groups is 2. The second kappa shape index (κ2) is 5.92. The Bertz CT molecular complexity index is 454. The van der Waals surface area contributed by atoms with Crippen LogP contribution in [-0.4, -0.2) is 29.0 Å². The highest BCUT2D eigenvalue weighted by molar-refractivity contribution is 7.17. The third-order valence-electron chi connectivity index (χ3n) is 1.97. The van der Waals surface area contributed by atoms with Gasteiger partial charge in [-0.3, -0.25) is 4.79 Å². The van der Waals surface area contributed by atoms with Gasteiger partial charge >= 0.3 is 5.97 Å². The fourth-order valence-corrected chi connectivity index (χ4v) is 1.98. The number of ether oxygens (including phenoxy) is 1. The molecule has 1 atom stereocenters. The lowest BCUT2D eigenvalue weighted by Crippen LogP contribution is -2.32.